The predicted molar refractivity (Wildman–Crippen MR) is 91.9 cm³/mol. The molecular formula is C17H28BrNO2. The van der Waals surface area contributed by atoms with Gasteiger partial charge in [-0.25, -0.2) is 0 Å². The number of aliphatic hydroxyl groups excluding tert-OH is 1. The fourth-order valence-corrected chi connectivity index (χ4v) is 2.36. The first-order valence-corrected chi connectivity index (χ1v) is 8.71. The molecule has 0 radical (unpaired) electrons. The summed E-state index contributed by atoms with van der Waals surface area (Å²) >= 11 is 3.38. The van der Waals surface area contributed by atoms with Gasteiger partial charge in [-0.15, -0.1) is 0 Å². The maximum Gasteiger partial charge on any atom is 0.119 e. The topological polar surface area (TPSA) is 41.5 Å². The molecule has 0 heterocycles. The maximum atomic E-state index is 9.93. The molecule has 0 fully saturated rings. The van der Waals surface area contributed by atoms with E-state index in [1.54, 1.807) is 0 Å². The SMILES string of the molecule is CCCCCCC(C)NCC(O)COc1ccc(Br)cc1. The van der Waals surface area contributed by atoms with E-state index in [0.29, 0.717) is 19.2 Å². The van der Waals surface area contributed by atoms with E-state index < -0.39 is 6.10 Å². The Morgan fingerprint density at radius 3 is 2.57 bits per heavy atom. The molecule has 0 amide bonds. The summed E-state index contributed by atoms with van der Waals surface area (Å²) in [6.45, 7) is 5.29. The van der Waals surface area contributed by atoms with E-state index in [2.05, 4.69) is 35.1 Å². The molecule has 2 N–H and O–H groups in total. The summed E-state index contributed by atoms with van der Waals surface area (Å²) in [5, 5.41) is 13.3. The zero-order valence-electron chi connectivity index (χ0n) is 13.1. The third-order valence-electron chi connectivity index (χ3n) is 3.45. The van der Waals surface area contributed by atoms with E-state index in [0.717, 1.165) is 10.2 Å². The van der Waals surface area contributed by atoms with Crippen LogP contribution in [-0.4, -0.2) is 30.4 Å². The molecule has 21 heavy (non-hydrogen) atoms. The Morgan fingerprint density at radius 1 is 1.19 bits per heavy atom. The standard InChI is InChI=1S/C17H28BrNO2/c1-3-4-5-6-7-14(2)19-12-16(20)13-21-17-10-8-15(18)9-11-17/h8-11,14,16,19-20H,3-7,12-13H2,1-2H3. The van der Waals surface area contributed by atoms with Crippen molar-refractivity contribution in [2.75, 3.05) is 13.2 Å². The molecule has 2 unspecified atom stereocenters. The Kier molecular flexibility index (Phi) is 9.72. The van der Waals surface area contributed by atoms with Gasteiger partial charge in [-0.3, -0.25) is 0 Å². The van der Waals surface area contributed by atoms with Crippen LogP contribution in [0.4, 0.5) is 0 Å². The van der Waals surface area contributed by atoms with Gasteiger partial charge in [-0.2, -0.15) is 0 Å². The van der Waals surface area contributed by atoms with Crippen LogP contribution in [-0.2, 0) is 0 Å². The van der Waals surface area contributed by atoms with Gasteiger partial charge >= 0.3 is 0 Å². The Hall–Kier alpha value is -0.580. The smallest absolute Gasteiger partial charge is 0.119 e. The summed E-state index contributed by atoms with van der Waals surface area (Å²) < 4.78 is 6.58. The zero-order valence-corrected chi connectivity index (χ0v) is 14.7. The number of halogens is 1. The fraction of sp³-hybridized carbons (Fsp3) is 0.647. The number of unbranched alkanes of at least 4 members (excludes halogenated alkanes) is 3. The summed E-state index contributed by atoms with van der Waals surface area (Å²) in [6, 6.07) is 8.09. The Bertz CT molecular complexity index is 370. The van der Waals surface area contributed by atoms with Crippen LogP contribution in [0.1, 0.15) is 46.0 Å². The highest BCUT2D eigenvalue weighted by atomic mass is 79.9. The van der Waals surface area contributed by atoms with Crippen LogP contribution in [0.5, 0.6) is 5.75 Å². The van der Waals surface area contributed by atoms with E-state index >= 15 is 0 Å². The fourth-order valence-electron chi connectivity index (χ4n) is 2.10. The number of benzene rings is 1. The molecule has 120 valence electrons. The van der Waals surface area contributed by atoms with E-state index in [9.17, 15) is 5.11 Å². The van der Waals surface area contributed by atoms with Crippen LogP contribution in [0.3, 0.4) is 0 Å². The van der Waals surface area contributed by atoms with Crippen molar-refractivity contribution in [3.63, 3.8) is 0 Å². The summed E-state index contributed by atoms with van der Waals surface area (Å²) in [4.78, 5) is 0. The van der Waals surface area contributed by atoms with Crippen LogP contribution in [0, 0.1) is 0 Å². The quantitative estimate of drug-likeness (QED) is 0.584. The minimum Gasteiger partial charge on any atom is -0.491 e. The van der Waals surface area contributed by atoms with Crippen LogP contribution < -0.4 is 10.1 Å². The monoisotopic (exact) mass is 357 g/mol. The maximum absolute atomic E-state index is 9.93. The third-order valence-corrected chi connectivity index (χ3v) is 3.98. The van der Waals surface area contributed by atoms with Gasteiger partial charge < -0.3 is 15.2 Å². The highest BCUT2D eigenvalue weighted by molar-refractivity contribution is 9.10. The second kappa shape index (κ2) is 11.0. The molecule has 3 nitrogen and oxygen atoms in total. The lowest BCUT2D eigenvalue weighted by atomic mass is 10.1. The van der Waals surface area contributed by atoms with Gasteiger partial charge in [0.2, 0.25) is 0 Å². The van der Waals surface area contributed by atoms with Gasteiger partial charge in [0.05, 0.1) is 0 Å². The molecule has 2 atom stereocenters. The highest BCUT2D eigenvalue weighted by Gasteiger charge is 2.08. The first-order valence-electron chi connectivity index (χ1n) is 7.91. The molecule has 0 spiro atoms. The predicted octanol–water partition coefficient (Wildman–Crippen LogP) is 4.14. The average Bonchev–Trinajstić information content (AvgIpc) is 2.49. The first kappa shape index (κ1) is 18.5. The number of nitrogens with one attached hydrogen (secondary N) is 1. The molecule has 0 saturated carbocycles. The number of hydrogen-bond donors (Lipinski definition) is 2. The lowest BCUT2D eigenvalue weighted by molar-refractivity contribution is 0.104. The van der Waals surface area contributed by atoms with Crippen LogP contribution in [0.25, 0.3) is 0 Å². The summed E-state index contributed by atoms with van der Waals surface area (Å²) in [7, 11) is 0. The van der Waals surface area contributed by atoms with Crippen molar-refractivity contribution in [3.05, 3.63) is 28.7 Å². The normalized spacial score (nSPS) is 13.9. The Morgan fingerprint density at radius 2 is 1.90 bits per heavy atom. The Balaban J connectivity index is 2.10. The molecule has 1 aromatic carbocycles. The first-order chi connectivity index (χ1) is 10.1. The molecule has 4 heteroatoms. The van der Waals surface area contributed by atoms with Crippen LogP contribution in [0.15, 0.2) is 28.7 Å². The largest absolute Gasteiger partial charge is 0.491 e. The third kappa shape index (κ3) is 9.12. The molecule has 1 rings (SSSR count). The number of rotatable bonds is 11. The Labute approximate surface area is 137 Å². The van der Waals surface area contributed by atoms with Crippen LogP contribution in [0.2, 0.25) is 0 Å². The molecule has 0 aliphatic heterocycles. The molecule has 0 aliphatic rings. The van der Waals surface area contributed by atoms with Crippen molar-refractivity contribution in [2.45, 2.75) is 58.1 Å². The number of aliphatic hydroxyl groups is 1. The van der Waals surface area contributed by atoms with Gasteiger partial charge in [-0.05, 0) is 37.6 Å². The van der Waals surface area contributed by atoms with Crippen molar-refractivity contribution in [2.24, 2.45) is 0 Å². The molecule has 1 aromatic rings. The van der Waals surface area contributed by atoms with Crippen molar-refractivity contribution < 1.29 is 9.84 Å². The number of ether oxygens (including phenoxy) is 1. The van der Waals surface area contributed by atoms with Gasteiger partial charge in [0.1, 0.15) is 18.5 Å². The minimum atomic E-state index is -0.480. The minimum absolute atomic E-state index is 0.317. The average molecular weight is 358 g/mol. The summed E-state index contributed by atoms with van der Waals surface area (Å²) in [5.41, 5.74) is 0. The van der Waals surface area contributed by atoms with E-state index in [4.69, 9.17) is 4.74 Å². The second-order valence-electron chi connectivity index (χ2n) is 5.58. The molecule has 0 aliphatic carbocycles. The van der Waals surface area contributed by atoms with Gasteiger partial charge in [0.15, 0.2) is 0 Å². The van der Waals surface area contributed by atoms with Gasteiger partial charge in [0.25, 0.3) is 0 Å². The summed E-state index contributed by atoms with van der Waals surface area (Å²) in [6.07, 6.45) is 5.84. The second-order valence-corrected chi connectivity index (χ2v) is 6.49. The molecule has 0 bridgehead atoms. The van der Waals surface area contributed by atoms with Crippen molar-refractivity contribution in [3.8, 4) is 5.75 Å². The van der Waals surface area contributed by atoms with Crippen LogP contribution >= 0.6 is 15.9 Å². The number of hydrogen-bond acceptors (Lipinski definition) is 3. The lowest BCUT2D eigenvalue weighted by Crippen LogP contribution is -2.36. The van der Waals surface area contributed by atoms with Gasteiger partial charge in [0, 0.05) is 17.1 Å². The highest BCUT2D eigenvalue weighted by Crippen LogP contribution is 2.16. The lowest BCUT2D eigenvalue weighted by Gasteiger charge is -2.17. The van der Waals surface area contributed by atoms with Crippen molar-refractivity contribution >= 4 is 15.9 Å². The zero-order chi connectivity index (χ0) is 15.5. The van der Waals surface area contributed by atoms with Crippen molar-refractivity contribution in [1.29, 1.82) is 0 Å². The molecular weight excluding hydrogens is 330 g/mol. The van der Waals surface area contributed by atoms with E-state index in [-0.39, 0.29) is 0 Å². The van der Waals surface area contributed by atoms with Crippen molar-refractivity contribution in [1.82, 2.24) is 5.32 Å². The van der Waals surface area contributed by atoms with E-state index in [1.807, 2.05) is 24.3 Å². The molecule has 0 saturated heterocycles. The molecule has 0 aromatic heterocycles. The van der Waals surface area contributed by atoms with Gasteiger partial charge in [-0.1, -0.05) is 48.5 Å². The summed E-state index contributed by atoms with van der Waals surface area (Å²) in [5.74, 6) is 0.782. The van der Waals surface area contributed by atoms with E-state index in [1.165, 1.54) is 32.1 Å².